The number of Topliss-reactive ketones (excluding diaryl/α,β-unsaturated/α-hetero) is 2. The average Bonchev–Trinajstić information content (AvgIpc) is 3.35. The highest BCUT2D eigenvalue weighted by Crippen LogP contribution is 2.76. The molecule has 4 saturated carbocycles. The highest BCUT2D eigenvalue weighted by molar-refractivity contribution is 6.07. The summed E-state index contributed by atoms with van der Waals surface area (Å²) in [6.45, 7) is 7.97. The Morgan fingerprint density at radius 3 is 2.73 bits per heavy atom. The van der Waals surface area contributed by atoms with E-state index in [0.717, 1.165) is 10.9 Å². The number of rotatable bonds is 2. The molecule has 6 fully saturated rings. The predicted molar refractivity (Wildman–Crippen MR) is 131 cm³/mol. The van der Waals surface area contributed by atoms with E-state index in [2.05, 4.69) is 11.6 Å². The molecule has 1 aromatic carbocycles. The van der Waals surface area contributed by atoms with Gasteiger partial charge in [0.1, 0.15) is 29.1 Å². The lowest BCUT2D eigenvalue weighted by molar-refractivity contribution is -0.436. The number of para-hydroxylation sites is 1. The maximum atomic E-state index is 14.1. The largest absolute Gasteiger partial charge is 0.456 e. The van der Waals surface area contributed by atoms with Gasteiger partial charge in [-0.3, -0.25) is 9.59 Å². The van der Waals surface area contributed by atoms with Crippen LogP contribution >= 0.6 is 0 Å². The summed E-state index contributed by atoms with van der Waals surface area (Å²) in [7, 11) is 0. The first-order valence-electron chi connectivity index (χ1n) is 13.1. The third-order valence-electron chi connectivity index (χ3n) is 10.6. The smallest absolute Gasteiger partial charge is 0.355 e. The molecule has 1 unspecified atom stereocenters. The number of aliphatic hydroxyl groups excluding tert-OH is 1. The SMILES string of the molecule is C=C1C(=O)[C@@]23C(CC[C@@H]1[C@H]2OC(=O)c1cc2ccccc2[nH]1)[C@@]12CO[C@@]3(O)[C@@H](O)[C@@H]1C(C)(C)CCC2=O. The zero-order valence-electron chi connectivity index (χ0n) is 21.0. The number of nitrogens with one attached hydrogen (secondary N) is 1. The molecule has 8 nitrogen and oxygen atoms in total. The van der Waals surface area contributed by atoms with Crippen LogP contribution < -0.4 is 0 Å². The zero-order valence-corrected chi connectivity index (χ0v) is 21.0. The number of aromatic nitrogens is 1. The second-order valence-electron chi connectivity index (χ2n) is 12.4. The summed E-state index contributed by atoms with van der Waals surface area (Å²) in [6.07, 6.45) is -0.751. The van der Waals surface area contributed by atoms with Gasteiger partial charge in [0, 0.05) is 29.2 Å². The quantitative estimate of drug-likeness (QED) is 0.423. The molecular formula is C29H31NO7. The Balaban J connectivity index is 1.39. The van der Waals surface area contributed by atoms with Crippen molar-refractivity contribution in [3.63, 3.8) is 0 Å². The summed E-state index contributed by atoms with van der Waals surface area (Å²) in [4.78, 5) is 44.5. The monoisotopic (exact) mass is 505 g/mol. The third-order valence-corrected chi connectivity index (χ3v) is 10.6. The van der Waals surface area contributed by atoms with Crippen molar-refractivity contribution in [2.75, 3.05) is 6.61 Å². The summed E-state index contributed by atoms with van der Waals surface area (Å²) in [5.74, 6) is -5.24. The summed E-state index contributed by atoms with van der Waals surface area (Å²) >= 11 is 0. The van der Waals surface area contributed by atoms with Crippen molar-refractivity contribution in [1.82, 2.24) is 4.98 Å². The minimum Gasteiger partial charge on any atom is -0.456 e. The lowest BCUT2D eigenvalue weighted by Gasteiger charge is -2.72. The Labute approximate surface area is 214 Å². The van der Waals surface area contributed by atoms with Crippen LogP contribution in [0.15, 0.2) is 42.5 Å². The Bertz CT molecular complexity index is 1370. The van der Waals surface area contributed by atoms with Crippen LogP contribution in [0.25, 0.3) is 10.9 Å². The van der Waals surface area contributed by atoms with Gasteiger partial charge in [-0.15, -0.1) is 0 Å². The Hall–Kier alpha value is -2.81. The lowest BCUT2D eigenvalue weighted by Crippen LogP contribution is -2.85. The zero-order chi connectivity index (χ0) is 26.1. The molecule has 1 aromatic heterocycles. The molecule has 2 aromatic rings. The van der Waals surface area contributed by atoms with Gasteiger partial charge in [0.05, 0.1) is 12.0 Å². The van der Waals surface area contributed by atoms with Gasteiger partial charge in [-0.05, 0) is 48.3 Å². The lowest BCUT2D eigenvalue weighted by atomic mass is 9.36. The van der Waals surface area contributed by atoms with Crippen LogP contribution in [-0.2, 0) is 19.1 Å². The summed E-state index contributed by atoms with van der Waals surface area (Å²) in [6, 6.07) is 9.12. The van der Waals surface area contributed by atoms with Crippen LogP contribution in [-0.4, -0.2) is 57.3 Å². The van der Waals surface area contributed by atoms with E-state index in [1.807, 2.05) is 38.1 Å². The molecule has 8 rings (SSSR count). The second kappa shape index (κ2) is 6.98. The first-order chi connectivity index (χ1) is 17.5. The second-order valence-corrected chi connectivity index (χ2v) is 12.4. The van der Waals surface area contributed by atoms with Crippen LogP contribution in [0.4, 0.5) is 0 Å². The van der Waals surface area contributed by atoms with Crippen molar-refractivity contribution >= 4 is 28.4 Å². The van der Waals surface area contributed by atoms with Crippen LogP contribution in [0.3, 0.4) is 0 Å². The molecule has 2 aliphatic heterocycles. The van der Waals surface area contributed by atoms with Crippen LogP contribution in [0, 0.1) is 34.0 Å². The number of ether oxygens (including phenoxy) is 2. The molecule has 6 aliphatic rings. The first-order valence-corrected chi connectivity index (χ1v) is 13.1. The fourth-order valence-electron chi connectivity index (χ4n) is 9.13. The molecule has 0 radical (unpaired) electrons. The van der Waals surface area contributed by atoms with Crippen molar-refractivity contribution in [3.8, 4) is 0 Å². The molecule has 194 valence electrons. The number of H-pyrrole nitrogens is 1. The Morgan fingerprint density at radius 1 is 1.22 bits per heavy atom. The number of esters is 1. The maximum absolute atomic E-state index is 14.1. The molecule has 2 saturated heterocycles. The highest BCUT2D eigenvalue weighted by atomic mass is 16.6. The van der Waals surface area contributed by atoms with E-state index in [-0.39, 0.29) is 23.7 Å². The molecular weight excluding hydrogens is 474 g/mol. The van der Waals surface area contributed by atoms with Gasteiger partial charge in [-0.25, -0.2) is 4.79 Å². The standard InChI is InChI=1S/C29H31NO7/c1-14-16-8-9-19-27-13-36-29(35,23(33)21(27)26(2,3)11-10-20(27)31)28(19,22(14)32)24(16)37-25(34)18-12-15-6-4-5-7-17(15)30-18/h4-7,12,16,19,21,23-24,30,33,35H,1,8-11,13H2,2-3H3/t16-,19?,21+,23-,24+,27+,28-,29-/m0/s1. The topological polar surface area (TPSA) is 126 Å². The van der Waals surface area contributed by atoms with Crippen molar-refractivity contribution in [1.29, 1.82) is 0 Å². The molecule has 4 aliphatic carbocycles. The van der Waals surface area contributed by atoms with E-state index in [9.17, 15) is 24.6 Å². The molecule has 8 atom stereocenters. The highest BCUT2D eigenvalue weighted by Gasteiger charge is 2.88. The first kappa shape index (κ1) is 23.3. The van der Waals surface area contributed by atoms with Gasteiger partial charge >= 0.3 is 5.97 Å². The average molecular weight is 506 g/mol. The van der Waals surface area contributed by atoms with Gasteiger partial charge in [0.2, 0.25) is 5.79 Å². The summed E-state index contributed by atoms with van der Waals surface area (Å²) in [5.41, 5.74) is -2.17. The number of hydrogen-bond donors (Lipinski definition) is 3. The number of ketones is 2. The molecule has 37 heavy (non-hydrogen) atoms. The normalized spacial score (nSPS) is 43.6. The fourth-order valence-corrected chi connectivity index (χ4v) is 9.13. The predicted octanol–water partition coefficient (Wildman–Crippen LogP) is 2.93. The number of carbonyl (C=O) groups excluding carboxylic acids is 3. The Morgan fingerprint density at radius 2 is 1.97 bits per heavy atom. The van der Waals surface area contributed by atoms with E-state index in [4.69, 9.17) is 9.47 Å². The van der Waals surface area contributed by atoms with Crippen molar-refractivity contribution < 1.29 is 34.1 Å². The van der Waals surface area contributed by atoms with Crippen LogP contribution in [0.2, 0.25) is 0 Å². The number of benzene rings is 1. The number of aromatic amines is 1. The minimum atomic E-state index is -2.31. The molecule has 0 amide bonds. The van der Waals surface area contributed by atoms with E-state index < -0.39 is 63.7 Å². The fraction of sp³-hybridized carbons (Fsp3) is 0.552. The minimum absolute atomic E-state index is 0.0496. The van der Waals surface area contributed by atoms with Crippen molar-refractivity contribution in [2.45, 2.75) is 57.5 Å². The maximum Gasteiger partial charge on any atom is 0.355 e. The van der Waals surface area contributed by atoms with E-state index >= 15 is 0 Å². The van der Waals surface area contributed by atoms with E-state index in [1.54, 1.807) is 6.07 Å². The molecule has 4 bridgehead atoms. The van der Waals surface area contributed by atoms with Gasteiger partial charge in [0.15, 0.2) is 5.78 Å². The number of fused-ring (bicyclic) bond motifs is 3. The number of hydrogen-bond acceptors (Lipinski definition) is 7. The molecule has 3 heterocycles. The van der Waals surface area contributed by atoms with Gasteiger partial charge < -0.3 is 24.7 Å². The molecule has 3 N–H and O–H groups in total. The van der Waals surface area contributed by atoms with Gasteiger partial charge in [-0.1, -0.05) is 38.6 Å². The van der Waals surface area contributed by atoms with Gasteiger partial charge in [0.25, 0.3) is 0 Å². The number of aliphatic hydroxyl groups is 2. The van der Waals surface area contributed by atoms with Crippen molar-refractivity contribution in [3.05, 3.63) is 48.2 Å². The summed E-state index contributed by atoms with van der Waals surface area (Å²) < 4.78 is 12.1. The summed E-state index contributed by atoms with van der Waals surface area (Å²) in [5, 5.41) is 24.8. The Kier molecular flexibility index (Phi) is 4.40. The van der Waals surface area contributed by atoms with E-state index in [1.165, 1.54) is 0 Å². The number of carbonyl (C=O) groups is 3. The van der Waals surface area contributed by atoms with Gasteiger partial charge in [-0.2, -0.15) is 0 Å². The van der Waals surface area contributed by atoms with E-state index in [0.29, 0.717) is 25.7 Å². The molecule has 8 heteroatoms. The molecule has 2 spiro atoms. The third kappa shape index (κ3) is 2.43. The van der Waals surface area contributed by atoms with Crippen molar-refractivity contribution in [2.24, 2.45) is 34.0 Å². The van der Waals surface area contributed by atoms with Crippen LogP contribution in [0.5, 0.6) is 0 Å². The van der Waals surface area contributed by atoms with Crippen LogP contribution in [0.1, 0.15) is 50.0 Å².